The van der Waals surface area contributed by atoms with Crippen LogP contribution in [0.3, 0.4) is 0 Å². The number of nitrogen functional groups attached to an aromatic ring is 3. The Labute approximate surface area is 240 Å². The van der Waals surface area contributed by atoms with Gasteiger partial charge >= 0.3 is 17.9 Å². The Kier molecular flexibility index (Phi) is 8.79. The maximum Gasteiger partial charge on any atom is 0.435 e. The topological polar surface area (TPSA) is 235 Å². The summed E-state index contributed by atoms with van der Waals surface area (Å²) in [6, 6.07) is 3.15. The summed E-state index contributed by atoms with van der Waals surface area (Å²) >= 11 is 0. The lowest BCUT2D eigenvalue weighted by Crippen LogP contribution is -2.27. The van der Waals surface area contributed by atoms with E-state index in [9.17, 15) is 19.7 Å². The van der Waals surface area contributed by atoms with E-state index in [2.05, 4.69) is 20.2 Å². The first-order valence-corrected chi connectivity index (χ1v) is 12.4. The molecule has 0 aliphatic carbocycles. The number of nitrogens with zero attached hydrogens (tertiary/aromatic N) is 7. The second-order valence-corrected chi connectivity index (χ2v) is 10.8. The number of carbonyl (C=O) groups is 2. The summed E-state index contributed by atoms with van der Waals surface area (Å²) in [5, 5.41) is 18.9. The van der Waals surface area contributed by atoms with Crippen LogP contribution in [0.2, 0.25) is 0 Å². The van der Waals surface area contributed by atoms with E-state index in [4.69, 9.17) is 26.7 Å². The maximum atomic E-state index is 11.9. The number of hydrogen-bond acceptors (Lipinski definition) is 13. The average molecular weight is 581 g/mol. The molecular weight excluding hydrogens is 548 g/mol. The Balaban J connectivity index is 0.000000231. The molecule has 0 spiro atoms. The molecule has 0 atom stereocenters. The van der Waals surface area contributed by atoms with Crippen molar-refractivity contribution in [3.05, 3.63) is 59.4 Å². The third kappa shape index (κ3) is 7.77. The highest BCUT2D eigenvalue weighted by molar-refractivity contribution is 5.83. The van der Waals surface area contributed by atoms with Crippen molar-refractivity contribution in [3.8, 4) is 22.3 Å². The van der Waals surface area contributed by atoms with Gasteiger partial charge in [0.25, 0.3) is 0 Å². The number of nitrogens with two attached hydrogens (primary N) is 3. The average Bonchev–Trinajstić information content (AvgIpc) is 3.54. The molecular formula is C26H32N10O6. The van der Waals surface area contributed by atoms with Crippen molar-refractivity contribution in [2.75, 3.05) is 17.2 Å². The molecule has 6 N–H and O–H groups in total. The van der Waals surface area contributed by atoms with E-state index in [-0.39, 0.29) is 22.9 Å². The van der Waals surface area contributed by atoms with Crippen LogP contribution in [0.5, 0.6) is 0 Å². The van der Waals surface area contributed by atoms with E-state index >= 15 is 0 Å². The Hall–Kier alpha value is -5.54. The third-order valence-corrected chi connectivity index (χ3v) is 5.10. The van der Waals surface area contributed by atoms with Gasteiger partial charge in [0.05, 0.1) is 28.6 Å². The summed E-state index contributed by atoms with van der Waals surface area (Å²) in [6.07, 6.45) is 7.40. The highest BCUT2D eigenvalue weighted by Crippen LogP contribution is 2.33. The van der Waals surface area contributed by atoms with Crippen molar-refractivity contribution in [2.24, 2.45) is 0 Å². The van der Waals surface area contributed by atoms with E-state index < -0.39 is 28.3 Å². The van der Waals surface area contributed by atoms with E-state index in [1.165, 1.54) is 30.9 Å². The molecule has 0 fully saturated rings. The number of pyridine rings is 2. The van der Waals surface area contributed by atoms with Crippen molar-refractivity contribution in [2.45, 2.75) is 52.7 Å². The van der Waals surface area contributed by atoms with Crippen molar-refractivity contribution in [1.29, 1.82) is 0 Å². The fourth-order valence-corrected chi connectivity index (χ4v) is 3.38. The summed E-state index contributed by atoms with van der Waals surface area (Å²) in [5.41, 5.74) is 17.8. The van der Waals surface area contributed by atoms with E-state index in [0.717, 1.165) is 9.36 Å². The molecule has 0 saturated carbocycles. The molecule has 16 heteroatoms. The SMILES string of the molecule is CC(C)(C)OC(=O)n1cc(-c2ccnc(N)c2N)cn1.CC(C)(C)OC(=O)n1cc(-c2ccnc(N)c2[N+](=O)[O-])cn1. The maximum absolute atomic E-state index is 11.9. The lowest BCUT2D eigenvalue weighted by Gasteiger charge is -2.18. The number of ether oxygens (including phenoxy) is 2. The number of rotatable bonds is 3. The Morgan fingerprint density at radius 2 is 1.21 bits per heavy atom. The van der Waals surface area contributed by atoms with Crippen LogP contribution in [0, 0.1) is 10.1 Å². The monoisotopic (exact) mass is 580 g/mol. The number of carbonyl (C=O) groups excluding carboxylic acids is 2. The molecule has 4 rings (SSSR count). The van der Waals surface area contributed by atoms with Gasteiger partial charge in [0.1, 0.15) is 17.0 Å². The minimum absolute atomic E-state index is 0.201. The van der Waals surface area contributed by atoms with E-state index in [1.54, 1.807) is 60.0 Å². The van der Waals surface area contributed by atoms with Crippen LogP contribution in [-0.2, 0) is 9.47 Å². The smallest absolute Gasteiger partial charge is 0.435 e. The molecule has 0 aliphatic rings. The Morgan fingerprint density at radius 1 is 0.786 bits per heavy atom. The van der Waals surface area contributed by atoms with Gasteiger partial charge in [-0.1, -0.05) is 0 Å². The van der Waals surface area contributed by atoms with Crippen LogP contribution in [-0.4, -0.2) is 57.8 Å². The molecule has 0 aliphatic heterocycles. The first kappa shape index (κ1) is 31.0. The summed E-state index contributed by atoms with van der Waals surface area (Å²) in [5.74, 6) is 0.0417. The van der Waals surface area contributed by atoms with Gasteiger partial charge in [-0.25, -0.2) is 19.6 Å². The predicted molar refractivity (Wildman–Crippen MR) is 154 cm³/mol. The number of nitro groups is 1. The van der Waals surface area contributed by atoms with Gasteiger partial charge < -0.3 is 26.7 Å². The van der Waals surface area contributed by atoms with Crippen LogP contribution in [0.4, 0.5) is 32.6 Å². The zero-order valence-corrected chi connectivity index (χ0v) is 23.9. The van der Waals surface area contributed by atoms with Gasteiger partial charge in [-0.15, -0.1) is 0 Å². The van der Waals surface area contributed by atoms with Crippen LogP contribution in [0.1, 0.15) is 41.5 Å². The summed E-state index contributed by atoms with van der Waals surface area (Å²) < 4.78 is 12.5. The zero-order valence-electron chi connectivity index (χ0n) is 23.9. The number of aromatic nitrogens is 6. The summed E-state index contributed by atoms with van der Waals surface area (Å²) in [7, 11) is 0. The largest absolute Gasteiger partial charge is 0.442 e. The van der Waals surface area contributed by atoms with Crippen LogP contribution in [0.15, 0.2) is 49.3 Å². The molecule has 42 heavy (non-hydrogen) atoms. The normalized spacial score (nSPS) is 11.3. The first-order valence-electron chi connectivity index (χ1n) is 12.4. The number of anilines is 3. The molecule has 0 amide bonds. The van der Waals surface area contributed by atoms with Gasteiger partial charge in [0, 0.05) is 41.5 Å². The predicted octanol–water partition coefficient (Wildman–Crippen LogP) is 4.11. The first-order chi connectivity index (χ1) is 19.5. The highest BCUT2D eigenvalue weighted by atomic mass is 16.6. The van der Waals surface area contributed by atoms with Gasteiger partial charge in [-0.3, -0.25) is 10.1 Å². The lowest BCUT2D eigenvalue weighted by molar-refractivity contribution is -0.383. The van der Waals surface area contributed by atoms with Gasteiger partial charge in [0.15, 0.2) is 0 Å². The Morgan fingerprint density at radius 3 is 1.67 bits per heavy atom. The standard InChI is InChI=1S/C13H15N5O4.C13H17N5O2/c1-13(2,3)22-12(19)17-7-8(6-16-17)9-4-5-15-11(14)10(9)18(20)21;1-13(2,3)20-12(19)18-7-8(6-17-18)9-4-5-16-11(15)10(9)14/h4-7H,1-3H3,(H2,14,15);4-7H,14H2,1-3H3,(H2,15,16). The fourth-order valence-electron chi connectivity index (χ4n) is 3.38. The van der Waals surface area contributed by atoms with Gasteiger partial charge in [-0.2, -0.15) is 19.6 Å². The quantitative estimate of drug-likeness (QED) is 0.229. The van der Waals surface area contributed by atoms with Crippen molar-refractivity contribution < 1.29 is 24.0 Å². The van der Waals surface area contributed by atoms with Crippen LogP contribution < -0.4 is 17.2 Å². The molecule has 0 aromatic carbocycles. The second-order valence-electron chi connectivity index (χ2n) is 10.8. The van der Waals surface area contributed by atoms with Gasteiger partial charge in [0.2, 0.25) is 5.82 Å². The minimum atomic E-state index is -0.677. The molecule has 0 saturated heterocycles. The van der Waals surface area contributed by atoms with Crippen molar-refractivity contribution in [3.63, 3.8) is 0 Å². The van der Waals surface area contributed by atoms with E-state index in [1.807, 2.05) is 0 Å². The summed E-state index contributed by atoms with van der Waals surface area (Å²) in [6.45, 7) is 10.5. The lowest BCUT2D eigenvalue weighted by atomic mass is 10.1. The Bertz CT molecular complexity index is 1610. The van der Waals surface area contributed by atoms with Crippen molar-refractivity contribution in [1.82, 2.24) is 29.5 Å². The second kappa shape index (κ2) is 11.9. The molecule has 4 aromatic rings. The van der Waals surface area contributed by atoms with E-state index in [0.29, 0.717) is 22.4 Å². The zero-order chi connectivity index (χ0) is 31.4. The van der Waals surface area contributed by atoms with Crippen molar-refractivity contribution >= 4 is 35.2 Å². The van der Waals surface area contributed by atoms with Crippen LogP contribution in [0.25, 0.3) is 22.3 Å². The fraction of sp³-hybridized carbons (Fsp3) is 0.308. The molecule has 222 valence electrons. The minimum Gasteiger partial charge on any atom is -0.442 e. The molecule has 0 radical (unpaired) electrons. The molecule has 0 bridgehead atoms. The number of hydrogen-bond donors (Lipinski definition) is 3. The van der Waals surface area contributed by atoms with Gasteiger partial charge in [-0.05, 0) is 53.7 Å². The molecule has 16 nitrogen and oxygen atoms in total. The molecule has 4 aromatic heterocycles. The summed E-state index contributed by atoms with van der Waals surface area (Å²) in [4.78, 5) is 41.8. The molecule has 4 heterocycles. The third-order valence-electron chi connectivity index (χ3n) is 5.10. The highest BCUT2D eigenvalue weighted by Gasteiger charge is 2.24. The van der Waals surface area contributed by atoms with Crippen LogP contribution >= 0.6 is 0 Å². The molecule has 0 unspecified atom stereocenters.